The quantitative estimate of drug-likeness (QED) is 0.709. The van der Waals surface area contributed by atoms with Crippen LogP contribution >= 0.6 is 11.6 Å². The van der Waals surface area contributed by atoms with Crippen LogP contribution in [0, 0.1) is 0 Å². The molecule has 1 atom stereocenters. The fourth-order valence-electron chi connectivity index (χ4n) is 1.82. The van der Waals surface area contributed by atoms with Crippen molar-refractivity contribution >= 4 is 23.5 Å². The van der Waals surface area contributed by atoms with E-state index in [0.717, 1.165) is 23.7 Å². The summed E-state index contributed by atoms with van der Waals surface area (Å²) in [7, 11) is 2.05. The van der Waals surface area contributed by atoms with Crippen LogP contribution in [0.5, 0.6) is 5.75 Å². The van der Waals surface area contributed by atoms with Gasteiger partial charge >= 0.3 is 5.97 Å². The number of fused-ring (bicyclic) bond motifs is 1. The van der Waals surface area contributed by atoms with Crippen LogP contribution in [0.25, 0.3) is 0 Å². The van der Waals surface area contributed by atoms with Gasteiger partial charge in [-0.15, -0.1) is 0 Å². The molecule has 2 rings (SSSR count). The predicted molar refractivity (Wildman–Crippen MR) is 74.1 cm³/mol. The highest BCUT2D eigenvalue weighted by molar-refractivity contribution is 6.30. The number of carbonyl (C=O) groups is 2. The van der Waals surface area contributed by atoms with E-state index in [-0.39, 0.29) is 0 Å². The van der Waals surface area contributed by atoms with Gasteiger partial charge in [0, 0.05) is 17.5 Å². The molecule has 1 unspecified atom stereocenters. The van der Waals surface area contributed by atoms with Gasteiger partial charge in [-0.1, -0.05) is 11.6 Å². The van der Waals surface area contributed by atoms with Gasteiger partial charge in [-0.25, -0.2) is 4.79 Å². The SMILES string of the molecule is C[NH2+]CC1Cc2cc(Cl)ccc2O1.O=C([O-])/C=C\C(=O)O. The largest absolute Gasteiger partial charge is 0.545 e. The number of rotatable bonds is 4. The van der Waals surface area contributed by atoms with Crippen molar-refractivity contribution in [2.24, 2.45) is 0 Å². The average Bonchev–Trinajstić information content (AvgIpc) is 2.79. The molecule has 1 aliphatic rings. The first-order valence-electron chi connectivity index (χ1n) is 6.27. The molecule has 0 saturated carbocycles. The van der Waals surface area contributed by atoms with Gasteiger partial charge in [0.2, 0.25) is 0 Å². The summed E-state index contributed by atoms with van der Waals surface area (Å²) in [6.07, 6.45) is 2.25. The van der Waals surface area contributed by atoms with Crippen molar-refractivity contribution in [2.45, 2.75) is 12.5 Å². The first kappa shape index (κ1) is 17.0. The maximum absolute atomic E-state index is 9.53. The third-order valence-electron chi connectivity index (χ3n) is 2.62. The highest BCUT2D eigenvalue weighted by Crippen LogP contribution is 2.30. The van der Waals surface area contributed by atoms with Gasteiger partial charge in [0.15, 0.2) is 6.10 Å². The summed E-state index contributed by atoms with van der Waals surface area (Å²) in [6, 6.07) is 5.82. The molecule has 1 aromatic rings. The molecule has 114 valence electrons. The van der Waals surface area contributed by atoms with Crippen LogP contribution in [0.3, 0.4) is 0 Å². The van der Waals surface area contributed by atoms with E-state index in [1.165, 1.54) is 5.56 Å². The summed E-state index contributed by atoms with van der Waals surface area (Å²) in [5.74, 6) is -1.81. The van der Waals surface area contributed by atoms with Crippen molar-refractivity contribution in [3.05, 3.63) is 40.9 Å². The molecule has 0 spiro atoms. The Hall–Kier alpha value is -2.05. The molecular formula is C14H16ClNO5. The van der Waals surface area contributed by atoms with Crippen molar-refractivity contribution in [2.75, 3.05) is 13.6 Å². The smallest absolute Gasteiger partial charge is 0.328 e. The van der Waals surface area contributed by atoms with E-state index in [2.05, 4.69) is 12.4 Å². The lowest BCUT2D eigenvalue weighted by Crippen LogP contribution is -2.82. The molecule has 0 aromatic heterocycles. The van der Waals surface area contributed by atoms with Gasteiger partial charge in [-0.2, -0.15) is 0 Å². The Morgan fingerprint density at radius 1 is 1.52 bits per heavy atom. The number of carbonyl (C=O) groups excluding carboxylic acids is 1. The number of benzene rings is 1. The molecule has 7 heteroatoms. The summed E-state index contributed by atoms with van der Waals surface area (Å²) in [5, 5.41) is 20.2. The molecule has 0 bridgehead atoms. The van der Waals surface area contributed by atoms with Gasteiger partial charge in [0.05, 0.1) is 13.0 Å². The zero-order valence-electron chi connectivity index (χ0n) is 11.4. The highest BCUT2D eigenvalue weighted by Gasteiger charge is 2.23. The Balaban J connectivity index is 0.000000240. The molecule has 1 heterocycles. The van der Waals surface area contributed by atoms with Crippen molar-refractivity contribution in [1.82, 2.24) is 0 Å². The summed E-state index contributed by atoms with van der Waals surface area (Å²) >= 11 is 5.88. The van der Waals surface area contributed by atoms with E-state index in [0.29, 0.717) is 18.3 Å². The van der Waals surface area contributed by atoms with Crippen LogP contribution in [0.15, 0.2) is 30.4 Å². The minimum Gasteiger partial charge on any atom is -0.545 e. The normalized spacial score (nSPS) is 15.8. The van der Waals surface area contributed by atoms with Gasteiger partial charge < -0.3 is 25.1 Å². The summed E-state index contributed by atoms with van der Waals surface area (Å²) in [5.41, 5.74) is 1.24. The van der Waals surface area contributed by atoms with Crippen molar-refractivity contribution in [3.63, 3.8) is 0 Å². The van der Waals surface area contributed by atoms with E-state index < -0.39 is 11.9 Å². The summed E-state index contributed by atoms with van der Waals surface area (Å²) < 4.78 is 5.71. The lowest BCUT2D eigenvalue weighted by atomic mass is 10.1. The second-order valence-corrected chi connectivity index (χ2v) is 4.77. The number of hydrogen-bond acceptors (Lipinski definition) is 4. The number of aliphatic carboxylic acids is 2. The van der Waals surface area contributed by atoms with Crippen LogP contribution in [0.4, 0.5) is 0 Å². The first-order valence-corrected chi connectivity index (χ1v) is 6.65. The molecule has 6 nitrogen and oxygen atoms in total. The number of hydrogen-bond donors (Lipinski definition) is 2. The molecule has 0 radical (unpaired) electrons. The Morgan fingerprint density at radius 3 is 2.76 bits per heavy atom. The molecule has 21 heavy (non-hydrogen) atoms. The van der Waals surface area contributed by atoms with Gasteiger partial charge in [-0.05, 0) is 29.8 Å². The average molecular weight is 314 g/mol. The lowest BCUT2D eigenvalue weighted by molar-refractivity contribution is -0.632. The summed E-state index contributed by atoms with van der Waals surface area (Å²) in [6.45, 7) is 1.01. The standard InChI is InChI=1S/C10H12ClNO.C4H4O4/c1-12-6-9-5-7-4-8(11)2-3-10(7)13-9;5-3(6)1-2-4(7)8/h2-4,9,12H,5-6H2,1H3;1-2H,(H,5,6)(H,7,8)/b;2-1-. The maximum Gasteiger partial charge on any atom is 0.328 e. The van der Waals surface area contributed by atoms with Crippen molar-refractivity contribution < 1.29 is 29.9 Å². The highest BCUT2D eigenvalue weighted by atomic mass is 35.5. The second-order valence-electron chi connectivity index (χ2n) is 4.33. The molecular weight excluding hydrogens is 298 g/mol. The number of carboxylic acid groups (broad SMARTS) is 2. The number of quaternary nitrogens is 1. The van der Waals surface area contributed by atoms with Crippen molar-refractivity contribution in [3.8, 4) is 5.75 Å². The Morgan fingerprint density at radius 2 is 2.24 bits per heavy atom. The Kier molecular flexibility index (Phi) is 6.71. The predicted octanol–water partition coefficient (Wildman–Crippen LogP) is -0.786. The first-order chi connectivity index (χ1) is 9.92. The van der Waals surface area contributed by atoms with E-state index in [1.54, 1.807) is 0 Å². The Bertz CT molecular complexity index is 528. The zero-order chi connectivity index (χ0) is 15.8. The number of likely N-dealkylation sites (N-methyl/N-ethyl adjacent to an activating group) is 1. The molecule has 0 saturated heterocycles. The maximum atomic E-state index is 9.53. The fourth-order valence-corrected chi connectivity index (χ4v) is 2.02. The van der Waals surface area contributed by atoms with Crippen LogP contribution in [-0.4, -0.2) is 36.7 Å². The molecule has 0 amide bonds. The van der Waals surface area contributed by atoms with E-state index in [4.69, 9.17) is 21.4 Å². The Labute approximate surface area is 127 Å². The molecule has 3 N–H and O–H groups in total. The van der Waals surface area contributed by atoms with Gasteiger partial charge in [-0.3, -0.25) is 0 Å². The van der Waals surface area contributed by atoms with E-state index >= 15 is 0 Å². The minimum absolute atomic E-state index is 0.318. The number of ether oxygens (including phenoxy) is 1. The third-order valence-corrected chi connectivity index (χ3v) is 2.86. The molecule has 0 fully saturated rings. The molecule has 1 aromatic carbocycles. The minimum atomic E-state index is -1.51. The van der Waals surface area contributed by atoms with Gasteiger partial charge in [0.1, 0.15) is 12.3 Å². The van der Waals surface area contributed by atoms with Crippen molar-refractivity contribution in [1.29, 1.82) is 0 Å². The number of carboxylic acids is 2. The fraction of sp³-hybridized carbons (Fsp3) is 0.286. The number of halogens is 1. The van der Waals surface area contributed by atoms with Crippen LogP contribution in [0.1, 0.15) is 5.56 Å². The third kappa shape index (κ3) is 6.29. The van der Waals surface area contributed by atoms with Gasteiger partial charge in [0.25, 0.3) is 0 Å². The monoisotopic (exact) mass is 313 g/mol. The van der Waals surface area contributed by atoms with Crippen LogP contribution in [0.2, 0.25) is 5.02 Å². The second kappa shape index (κ2) is 8.28. The zero-order valence-corrected chi connectivity index (χ0v) is 12.2. The molecule has 0 aliphatic carbocycles. The lowest BCUT2D eigenvalue weighted by Gasteiger charge is -2.06. The van der Waals surface area contributed by atoms with E-state index in [9.17, 15) is 14.7 Å². The van der Waals surface area contributed by atoms with Crippen LogP contribution in [-0.2, 0) is 16.0 Å². The summed E-state index contributed by atoms with van der Waals surface area (Å²) in [4.78, 5) is 19.0. The number of nitrogens with two attached hydrogens (primary N) is 1. The van der Waals surface area contributed by atoms with Crippen LogP contribution < -0.4 is 15.2 Å². The van der Waals surface area contributed by atoms with E-state index in [1.807, 2.05) is 18.2 Å². The molecule has 1 aliphatic heterocycles. The topological polar surface area (TPSA) is 103 Å².